The van der Waals surface area contributed by atoms with E-state index >= 15 is 0 Å². The summed E-state index contributed by atoms with van der Waals surface area (Å²) in [7, 11) is 0. The van der Waals surface area contributed by atoms with Crippen LogP contribution < -0.4 is 5.32 Å². The summed E-state index contributed by atoms with van der Waals surface area (Å²) >= 11 is 0. The van der Waals surface area contributed by atoms with Gasteiger partial charge in [-0.15, -0.1) is 0 Å². The van der Waals surface area contributed by atoms with Crippen molar-refractivity contribution in [1.82, 2.24) is 15.2 Å². The predicted molar refractivity (Wildman–Crippen MR) is 78.3 cm³/mol. The Bertz CT molecular complexity index is 583. The number of carbonyl (C=O) groups excluding carboxylic acids is 2. The molecule has 0 bridgehead atoms. The third-order valence-electron chi connectivity index (χ3n) is 4.44. The lowest BCUT2D eigenvalue weighted by atomic mass is 9.94. The van der Waals surface area contributed by atoms with Gasteiger partial charge in [0, 0.05) is 31.9 Å². The maximum absolute atomic E-state index is 12.9. The van der Waals surface area contributed by atoms with Crippen molar-refractivity contribution in [3.8, 4) is 0 Å². The van der Waals surface area contributed by atoms with Gasteiger partial charge in [0.05, 0.1) is 0 Å². The summed E-state index contributed by atoms with van der Waals surface area (Å²) in [5.74, 6) is 0.296. The van der Waals surface area contributed by atoms with Crippen LogP contribution in [0, 0.1) is 12.8 Å². The first-order valence-corrected chi connectivity index (χ1v) is 7.50. The van der Waals surface area contributed by atoms with Gasteiger partial charge in [-0.1, -0.05) is 6.07 Å². The molecule has 0 spiro atoms. The average molecular weight is 287 g/mol. The second kappa shape index (κ2) is 5.13. The number of aromatic nitrogens is 1. The average Bonchev–Trinajstić information content (AvgIpc) is 3.26. The maximum Gasteiger partial charge on any atom is 0.248 e. The Morgan fingerprint density at radius 3 is 2.81 bits per heavy atom. The van der Waals surface area contributed by atoms with Crippen molar-refractivity contribution in [2.75, 3.05) is 6.54 Å². The molecule has 21 heavy (non-hydrogen) atoms. The molecule has 2 fully saturated rings. The zero-order valence-electron chi connectivity index (χ0n) is 12.6. The standard InChI is InChI=1S/C16H21N3O2/c1-11-7-12(9-17-8-11)10-19-6-5-14(20)18-16(2,15(19)21)13-3-4-13/h7-9,13H,3-6,10H2,1-2H3,(H,18,20). The molecule has 2 heterocycles. The first-order chi connectivity index (χ1) is 9.99. The molecule has 1 aliphatic carbocycles. The van der Waals surface area contributed by atoms with Crippen LogP contribution in [0.3, 0.4) is 0 Å². The van der Waals surface area contributed by atoms with E-state index in [1.54, 1.807) is 17.3 Å². The smallest absolute Gasteiger partial charge is 0.248 e. The minimum absolute atomic E-state index is 0.0254. The van der Waals surface area contributed by atoms with Crippen molar-refractivity contribution in [3.63, 3.8) is 0 Å². The maximum atomic E-state index is 12.9. The molecule has 1 aliphatic heterocycles. The van der Waals surface area contributed by atoms with E-state index in [0.717, 1.165) is 24.0 Å². The molecular formula is C16H21N3O2. The first-order valence-electron chi connectivity index (χ1n) is 7.50. The predicted octanol–water partition coefficient (Wildman–Crippen LogP) is 1.41. The molecule has 2 aliphatic rings. The van der Waals surface area contributed by atoms with E-state index in [2.05, 4.69) is 10.3 Å². The van der Waals surface area contributed by atoms with E-state index in [0.29, 0.717) is 19.5 Å². The summed E-state index contributed by atoms with van der Waals surface area (Å²) in [6.45, 7) is 4.85. The van der Waals surface area contributed by atoms with Crippen LogP contribution in [-0.4, -0.2) is 33.8 Å². The number of hydrogen-bond donors (Lipinski definition) is 1. The van der Waals surface area contributed by atoms with Gasteiger partial charge >= 0.3 is 0 Å². The van der Waals surface area contributed by atoms with Crippen LogP contribution in [0.4, 0.5) is 0 Å². The molecule has 5 heteroatoms. The van der Waals surface area contributed by atoms with Crippen LogP contribution in [0.25, 0.3) is 0 Å². The number of nitrogens with zero attached hydrogens (tertiary/aromatic N) is 2. The normalized spacial score (nSPS) is 26.5. The molecule has 5 nitrogen and oxygen atoms in total. The van der Waals surface area contributed by atoms with E-state index in [9.17, 15) is 9.59 Å². The van der Waals surface area contributed by atoms with E-state index in [4.69, 9.17) is 0 Å². The van der Waals surface area contributed by atoms with Crippen molar-refractivity contribution in [1.29, 1.82) is 0 Å². The quantitative estimate of drug-likeness (QED) is 0.914. The third-order valence-corrected chi connectivity index (χ3v) is 4.44. The minimum Gasteiger partial charge on any atom is -0.342 e. The zero-order chi connectivity index (χ0) is 15.0. The fraction of sp³-hybridized carbons (Fsp3) is 0.562. The molecule has 1 unspecified atom stereocenters. The topological polar surface area (TPSA) is 62.3 Å². The van der Waals surface area contributed by atoms with Crippen molar-refractivity contribution in [2.24, 2.45) is 5.92 Å². The number of rotatable bonds is 3. The zero-order valence-corrected chi connectivity index (χ0v) is 12.6. The van der Waals surface area contributed by atoms with Crippen molar-refractivity contribution in [2.45, 2.75) is 45.2 Å². The van der Waals surface area contributed by atoms with Crippen molar-refractivity contribution >= 4 is 11.8 Å². The largest absolute Gasteiger partial charge is 0.342 e. The summed E-state index contributed by atoms with van der Waals surface area (Å²) in [6, 6.07) is 2.04. The van der Waals surface area contributed by atoms with Gasteiger partial charge in [-0.05, 0) is 43.7 Å². The molecular weight excluding hydrogens is 266 g/mol. The number of carbonyl (C=O) groups is 2. The first kappa shape index (κ1) is 14.0. The highest BCUT2D eigenvalue weighted by molar-refractivity contribution is 5.93. The van der Waals surface area contributed by atoms with Gasteiger partial charge in [-0.25, -0.2) is 0 Å². The molecule has 1 N–H and O–H groups in total. The van der Waals surface area contributed by atoms with Gasteiger partial charge in [0.15, 0.2) is 0 Å². The van der Waals surface area contributed by atoms with E-state index in [1.807, 2.05) is 19.9 Å². The van der Waals surface area contributed by atoms with Gasteiger partial charge in [-0.3, -0.25) is 14.6 Å². The second-order valence-corrected chi connectivity index (χ2v) is 6.37. The lowest BCUT2D eigenvalue weighted by Gasteiger charge is -2.32. The molecule has 1 saturated heterocycles. The Morgan fingerprint density at radius 2 is 2.14 bits per heavy atom. The van der Waals surface area contributed by atoms with Crippen LogP contribution in [0.2, 0.25) is 0 Å². The Hall–Kier alpha value is -1.91. The second-order valence-electron chi connectivity index (χ2n) is 6.37. The summed E-state index contributed by atoms with van der Waals surface area (Å²) in [5.41, 5.74) is 1.36. The summed E-state index contributed by atoms with van der Waals surface area (Å²) in [6.07, 6.45) is 5.99. The highest BCUT2D eigenvalue weighted by atomic mass is 16.2. The molecule has 0 aromatic carbocycles. The monoisotopic (exact) mass is 287 g/mol. The molecule has 0 radical (unpaired) electrons. The van der Waals surface area contributed by atoms with E-state index in [1.165, 1.54) is 0 Å². The Morgan fingerprint density at radius 1 is 1.38 bits per heavy atom. The van der Waals surface area contributed by atoms with Crippen LogP contribution in [0.15, 0.2) is 18.5 Å². The SMILES string of the molecule is Cc1cncc(CN2CCC(=O)NC(C)(C3CC3)C2=O)c1. The molecule has 1 aromatic heterocycles. The third kappa shape index (κ3) is 2.77. The van der Waals surface area contributed by atoms with Crippen LogP contribution in [-0.2, 0) is 16.1 Å². The Labute approximate surface area is 124 Å². The molecule has 1 aromatic rings. The molecule has 1 atom stereocenters. The summed E-state index contributed by atoms with van der Waals surface area (Å²) in [4.78, 5) is 30.8. The highest BCUT2D eigenvalue weighted by Gasteiger charge is 2.50. The number of pyridine rings is 1. The minimum atomic E-state index is -0.731. The number of aryl methyl sites for hydroxylation is 1. The molecule has 3 rings (SSSR count). The summed E-state index contributed by atoms with van der Waals surface area (Å²) < 4.78 is 0. The van der Waals surface area contributed by atoms with Gasteiger partial charge in [0.25, 0.3) is 0 Å². The molecule has 2 amide bonds. The number of nitrogens with one attached hydrogen (secondary N) is 1. The fourth-order valence-electron chi connectivity index (χ4n) is 3.08. The Kier molecular flexibility index (Phi) is 3.43. The van der Waals surface area contributed by atoms with Crippen LogP contribution in [0.1, 0.15) is 37.3 Å². The van der Waals surface area contributed by atoms with Crippen LogP contribution >= 0.6 is 0 Å². The molecule has 112 valence electrons. The number of amides is 2. The Balaban J connectivity index is 1.83. The van der Waals surface area contributed by atoms with Crippen LogP contribution in [0.5, 0.6) is 0 Å². The fourth-order valence-corrected chi connectivity index (χ4v) is 3.08. The molecule has 1 saturated carbocycles. The lowest BCUT2D eigenvalue weighted by Crippen LogP contribution is -2.56. The summed E-state index contributed by atoms with van der Waals surface area (Å²) in [5, 5.41) is 2.95. The highest BCUT2D eigenvalue weighted by Crippen LogP contribution is 2.41. The van der Waals surface area contributed by atoms with Crippen molar-refractivity contribution in [3.05, 3.63) is 29.6 Å². The van der Waals surface area contributed by atoms with Gasteiger partial charge in [-0.2, -0.15) is 0 Å². The van der Waals surface area contributed by atoms with Crippen molar-refractivity contribution < 1.29 is 9.59 Å². The van der Waals surface area contributed by atoms with Gasteiger partial charge in [0.1, 0.15) is 5.54 Å². The lowest BCUT2D eigenvalue weighted by molar-refractivity contribution is -0.139. The van der Waals surface area contributed by atoms with E-state index in [-0.39, 0.29) is 17.7 Å². The van der Waals surface area contributed by atoms with Gasteiger partial charge < -0.3 is 10.2 Å². The van der Waals surface area contributed by atoms with Gasteiger partial charge in [0.2, 0.25) is 11.8 Å². The number of hydrogen-bond acceptors (Lipinski definition) is 3. The van der Waals surface area contributed by atoms with E-state index < -0.39 is 5.54 Å².